The van der Waals surface area contributed by atoms with Crippen LogP contribution in [-0.4, -0.2) is 10.9 Å². The molecule has 0 aliphatic heterocycles. The van der Waals surface area contributed by atoms with Gasteiger partial charge in [0.2, 0.25) is 0 Å². The highest BCUT2D eigenvalue weighted by Gasteiger charge is 2.06. The summed E-state index contributed by atoms with van der Waals surface area (Å²) >= 11 is 0. The molecule has 4 nitrogen and oxygen atoms in total. The fourth-order valence-corrected chi connectivity index (χ4v) is 1.96. The fourth-order valence-electron chi connectivity index (χ4n) is 1.96. The predicted molar refractivity (Wildman–Crippen MR) is 92.4 cm³/mol. The summed E-state index contributed by atoms with van der Waals surface area (Å²) in [6.07, 6.45) is 3.16. The van der Waals surface area contributed by atoms with Crippen LogP contribution in [-0.2, 0) is 0 Å². The number of hydrogen-bond acceptors (Lipinski definition) is 3. The third-order valence-corrected chi connectivity index (χ3v) is 2.99. The van der Waals surface area contributed by atoms with Gasteiger partial charge in [0.05, 0.1) is 5.56 Å². The summed E-state index contributed by atoms with van der Waals surface area (Å²) < 4.78 is 5.74. The van der Waals surface area contributed by atoms with Crippen molar-refractivity contribution in [1.29, 1.82) is 0 Å². The molecular weight excluding hydrogens is 312 g/mol. The second-order valence-electron chi connectivity index (χ2n) is 4.64. The maximum Gasteiger partial charge on any atom is 0.257 e. The number of nitrogens with zero attached hydrogens (tertiary/aromatic N) is 1. The van der Waals surface area contributed by atoms with Gasteiger partial charge in [-0.25, -0.2) is 0 Å². The number of benzene rings is 2. The van der Waals surface area contributed by atoms with Crippen LogP contribution >= 0.6 is 12.4 Å². The minimum atomic E-state index is -0.204. The van der Waals surface area contributed by atoms with E-state index >= 15 is 0 Å². The highest BCUT2D eigenvalue weighted by atomic mass is 35.5. The smallest absolute Gasteiger partial charge is 0.257 e. The molecule has 0 fully saturated rings. The Labute approximate surface area is 140 Å². The van der Waals surface area contributed by atoms with E-state index in [9.17, 15) is 4.79 Å². The summed E-state index contributed by atoms with van der Waals surface area (Å²) in [5.74, 6) is 1.21. The molecule has 0 spiro atoms. The van der Waals surface area contributed by atoms with Crippen LogP contribution < -0.4 is 10.1 Å². The van der Waals surface area contributed by atoms with Crippen molar-refractivity contribution in [3.8, 4) is 11.5 Å². The van der Waals surface area contributed by atoms with Gasteiger partial charge in [0.15, 0.2) is 0 Å². The van der Waals surface area contributed by atoms with Crippen molar-refractivity contribution >= 4 is 24.0 Å². The molecule has 3 aromatic rings. The number of carbonyl (C=O) groups is 1. The molecule has 0 radical (unpaired) electrons. The number of nitrogens with one attached hydrogen (secondary N) is 1. The molecule has 3 rings (SSSR count). The minimum absolute atomic E-state index is 0. The summed E-state index contributed by atoms with van der Waals surface area (Å²) in [7, 11) is 0. The monoisotopic (exact) mass is 326 g/mol. The van der Waals surface area contributed by atoms with E-state index in [1.165, 1.54) is 6.20 Å². The first-order valence-corrected chi connectivity index (χ1v) is 6.85. The van der Waals surface area contributed by atoms with Crippen LogP contribution in [0, 0.1) is 0 Å². The van der Waals surface area contributed by atoms with Crippen molar-refractivity contribution in [1.82, 2.24) is 4.98 Å². The van der Waals surface area contributed by atoms with Gasteiger partial charge in [0.1, 0.15) is 11.5 Å². The summed E-state index contributed by atoms with van der Waals surface area (Å²) in [5, 5.41) is 2.83. The van der Waals surface area contributed by atoms with E-state index in [1.807, 2.05) is 48.5 Å². The SMILES string of the molecule is Cl.O=C(Nc1cccc(Oc2ccccc2)c1)c1cccnc1. The Bertz CT molecular complexity index is 764. The number of halogens is 1. The number of amides is 1. The maximum absolute atomic E-state index is 12.1. The van der Waals surface area contributed by atoms with E-state index in [4.69, 9.17) is 4.74 Å². The predicted octanol–water partition coefficient (Wildman–Crippen LogP) is 4.55. The van der Waals surface area contributed by atoms with Crippen molar-refractivity contribution in [3.63, 3.8) is 0 Å². The Morgan fingerprint density at radius 2 is 1.70 bits per heavy atom. The average molecular weight is 327 g/mol. The van der Waals surface area contributed by atoms with Crippen LogP contribution in [0.3, 0.4) is 0 Å². The third kappa shape index (κ3) is 4.56. The Hall–Kier alpha value is -2.85. The molecule has 1 aromatic heterocycles. The molecule has 2 aromatic carbocycles. The largest absolute Gasteiger partial charge is 0.457 e. The zero-order chi connectivity index (χ0) is 15.2. The van der Waals surface area contributed by atoms with Gasteiger partial charge in [0, 0.05) is 24.1 Å². The molecule has 1 N–H and O–H groups in total. The van der Waals surface area contributed by atoms with Crippen LogP contribution in [0.15, 0.2) is 79.1 Å². The van der Waals surface area contributed by atoms with E-state index in [0.717, 1.165) is 5.75 Å². The lowest BCUT2D eigenvalue weighted by Gasteiger charge is -2.09. The van der Waals surface area contributed by atoms with E-state index < -0.39 is 0 Å². The standard InChI is InChI=1S/C18H14N2O2.ClH/c21-18(14-6-5-11-19-13-14)20-15-7-4-10-17(12-15)22-16-8-2-1-3-9-16;/h1-13H,(H,20,21);1H. The molecule has 116 valence electrons. The maximum atomic E-state index is 12.1. The van der Waals surface area contributed by atoms with E-state index in [0.29, 0.717) is 17.0 Å². The first kappa shape index (κ1) is 16.5. The zero-order valence-electron chi connectivity index (χ0n) is 12.2. The van der Waals surface area contributed by atoms with Gasteiger partial charge >= 0.3 is 0 Å². The van der Waals surface area contributed by atoms with Crippen molar-refractivity contribution in [2.24, 2.45) is 0 Å². The average Bonchev–Trinajstić information content (AvgIpc) is 2.57. The minimum Gasteiger partial charge on any atom is -0.457 e. The first-order valence-electron chi connectivity index (χ1n) is 6.85. The topological polar surface area (TPSA) is 51.2 Å². The summed E-state index contributed by atoms with van der Waals surface area (Å²) in [4.78, 5) is 16.0. The Kier molecular flexibility index (Phi) is 5.72. The van der Waals surface area contributed by atoms with E-state index in [2.05, 4.69) is 10.3 Å². The highest BCUT2D eigenvalue weighted by molar-refractivity contribution is 6.04. The molecule has 0 bridgehead atoms. The van der Waals surface area contributed by atoms with Crippen LogP contribution in [0.1, 0.15) is 10.4 Å². The lowest BCUT2D eigenvalue weighted by molar-refractivity contribution is 0.102. The highest BCUT2D eigenvalue weighted by Crippen LogP contribution is 2.24. The molecule has 0 atom stereocenters. The lowest BCUT2D eigenvalue weighted by atomic mass is 10.2. The molecular formula is C18H15ClN2O2. The normalized spacial score (nSPS) is 9.57. The van der Waals surface area contributed by atoms with Gasteiger partial charge < -0.3 is 10.1 Å². The van der Waals surface area contributed by atoms with Gasteiger partial charge in [-0.1, -0.05) is 24.3 Å². The second kappa shape index (κ2) is 7.96. The van der Waals surface area contributed by atoms with E-state index in [-0.39, 0.29) is 18.3 Å². The number of anilines is 1. The molecule has 0 unspecified atom stereocenters. The van der Waals surface area contributed by atoms with Crippen molar-refractivity contribution in [3.05, 3.63) is 84.7 Å². The van der Waals surface area contributed by atoms with Crippen LogP contribution in [0.25, 0.3) is 0 Å². The Balaban J connectivity index is 0.00000192. The van der Waals surface area contributed by atoms with Crippen molar-refractivity contribution in [2.45, 2.75) is 0 Å². The number of para-hydroxylation sites is 1. The lowest BCUT2D eigenvalue weighted by Crippen LogP contribution is -2.11. The molecule has 0 saturated heterocycles. The molecule has 23 heavy (non-hydrogen) atoms. The van der Waals surface area contributed by atoms with Gasteiger partial charge in [0.25, 0.3) is 5.91 Å². The second-order valence-corrected chi connectivity index (χ2v) is 4.64. The van der Waals surface area contributed by atoms with Crippen LogP contribution in [0.4, 0.5) is 5.69 Å². The fraction of sp³-hybridized carbons (Fsp3) is 0. The van der Waals surface area contributed by atoms with Crippen molar-refractivity contribution in [2.75, 3.05) is 5.32 Å². The number of hydrogen-bond donors (Lipinski definition) is 1. The Morgan fingerprint density at radius 3 is 2.43 bits per heavy atom. The number of aromatic nitrogens is 1. The van der Waals surface area contributed by atoms with Gasteiger partial charge in [-0.15, -0.1) is 12.4 Å². The number of rotatable bonds is 4. The third-order valence-electron chi connectivity index (χ3n) is 2.99. The molecule has 0 aliphatic carbocycles. The molecule has 1 heterocycles. The number of ether oxygens (including phenoxy) is 1. The zero-order valence-corrected chi connectivity index (χ0v) is 13.0. The van der Waals surface area contributed by atoms with Gasteiger partial charge in [-0.2, -0.15) is 0 Å². The number of pyridine rings is 1. The molecule has 1 amide bonds. The molecule has 0 aliphatic rings. The van der Waals surface area contributed by atoms with Gasteiger partial charge in [-0.05, 0) is 36.4 Å². The van der Waals surface area contributed by atoms with Crippen LogP contribution in [0.5, 0.6) is 11.5 Å². The summed E-state index contributed by atoms with van der Waals surface area (Å²) in [6.45, 7) is 0. The summed E-state index contributed by atoms with van der Waals surface area (Å²) in [5.41, 5.74) is 1.18. The number of carbonyl (C=O) groups excluding carboxylic acids is 1. The van der Waals surface area contributed by atoms with Crippen molar-refractivity contribution < 1.29 is 9.53 Å². The molecule has 5 heteroatoms. The summed E-state index contributed by atoms with van der Waals surface area (Å²) in [6, 6.07) is 20.2. The van der Waals surface area contributed by atoms with E-state index in [1.54, 1.807) is 24.4 Å². The quantitative estimate of drug-likeness (QED) is 0.765. The molecule has 0 saturated carbocycles. The van der Waals surface area contributed by atoms with Gasteiger partial charge in [-0.3, -0.25) is 9.78 Å². The Morgan fingerprint density at radius 1 is 0.913 bits per heavy atom. The first-order chi connectivity index (χ1) is 10.8. The van der Waals surface area contributed by atoms with Crippen LogP contribution in [0.2, 0.25) is 0 Å².